The second-order valence-electron chi connectivity index (χ2n) is 7.15. The molecule has 2 heterocycles. The van der Waals surface area contributed by atoms with E-state index in [-0.39, 0.29) is 11.8 Å². The predicted octanol–water partition coefficient (Wildman–Crippen LogP) is 4.20. The molecule has 2 N–H and O–H groups in total. The number of hydrogen-bond acceptors (Lipinski definition) is 4. The van der Waals surface area contributed by atoms with E-state index in [0.29, 0.717) is 18.1 Å². The molecular weight excluding hydrogens is 362 g/mol. The maximum Gasteiger partial charge on any atom is 0.244 e. The lowest BCUT2D eigenvalue weighted by Crippen LogP contribution is -2.43. The summed E-state index contributed by atoms with van der Waals surface area (Å²) < 4.78 is 5.89. The van der Waals surface area contributed by atoms with Gasteiger partial charge >= 0.3 is 0 Å². The van der Waals surface area contributed by atoms with Gasteiger partial charge in [0.2, 0.25) is 5.91 Å². The highest BCUT2D eigenvalue weighted by Crippen LogP contribution is 2.31. The van der Waals surface area contributed by atoms with E-state index < -0.39 is 6.04 Å². The van der Waals surface area contributed by atoms with E-state index in [1.165, 1.54) is 0 Å². The molecule has 27 heavy (non-hydrogen) atoms. The molecule has 140 valence electrons. The van der Waals surface area contributed by atoms with Gasteiger partial charge in [-0.3, -0.25) is 4.79 Å². The van der Waals surface area contributed by atoms with Crippen molar-refractivity contribution in [1.82, 2.24) is 9.88 Å². The molecule has 0 spiro atoms. The minimum atomic E-state index is -0.617. The number of nitrogens with zero attached hydrogens (tertiary/aromatic N) is 2. The number of aromatic nitrogens is 1. The molecule has 1 aliphatic heterocycles. The third kappa shape index (κ3) is 3.70. The molecule has 1 atom stereocenters. The monoisotopic (exact) mass is 383 g/mol. The molecule has 1 aromatic heterocycles. The fourth-order valence-corrected chi connectivity index (χ4v) is 3.72. The summed E-state index contributed by atoms with van der Waals surface area (Å²) in [5, 5.41) is 0.646. The molecule has 4 rings (SSSR count). The third-order valence-corrected chi connectivity index (χ3v) is 5.46. The van der Waals surface area contributed by atoms with Crippen molar-refractivity contribution in [3.05, 3.63) is 64.5 Å². The van der Waals surface area contributed by atoms with Crippen LogP contribution in [-0.4, -0.2) is 28.9 Å². The number of carbonyl (C=O) groups is 1. The molecule has 1 aliphatic rings. The Labute approximate surface area is 163 Å². The van der Waals surface area contributed by atoms with Crippen LogP contribution in [0.1, 0.15) is 41.8 Å². The average Bonchev–Trinajstić information content (AvgIpc) is 3.11. The Balaban J connectivity index is 1.41. The van der Waals surface area contributed by atoms with E-state index in [2.05, 4.69) is 4.98 Å². The minimum Gasteiger partial charge on any atom is -0.440 e. The van der Waals surface area contributed by atoms with Crippen molar-refractivity contribution >= 4 is 28.6 Å². The topological polar surface area (TPSA) is 72.4 Å². The average molecular weight is 384 g/mol. The molecule has 1 fully saturated rings. The van der Waals surface area contributed by atoms with E-state index in [0.717, 1.165) is 41.0 Å². The zero-order valence-corrected chi connectivity index (χ0v) is 15.9. The summed E-state index contributed by atoms with van der Waals surface area (Å²) in [7, 11) is 0. The molecule has 0 aliphatic carbocycles. The second kappa shape index (κ2) is 7.33. The lowest BCUT2D eigenvalue weighted by Gasteiger charge is -2.32. The summed E-state index contributed by atoms with van der Waals surface area (Å²) >= 11 is 6.02. The van der Waals surface area contributed by atoms with Gasteiger partial charge in [0.25, 0.3) is 0 Å². The lowest BCUT2D eigenvalue weighted by atomic mass is 9.95. The summed E-state index contributed by atoms with van der Waals surface area (Å²) in [4.78, 5) is 19.2. The van der Waals surface area contributed by atoms with Gasteiger partial charge in [0.1, 0.15) is 11.6 Å². The van der Waals surface area contributed by atoms with Crippen molar-refractivity contribution in [2.45, 2.75) is 31.7 Å². The van der Waals surface area contributed by atoms with Gasteiger partial charge in [-0.1, -0.05) is 41.4 Å². The van der Waals surface area contributed by atoms with E-state index in [4.69, 9.17) is 21.8 Å². The molecule has 0 bridgehead atoms. The Morgan fingerprint density at radius 3 is 2.63 bits per heavy atom. The van der Waals surface area contributed by atoms with Gasteiger partial charge in [-0.05, 0) is 43.5 Å². The first-order chi connectivity index (χ1) is 13.0. The minimum absolute atomic E-state index is 0.0262. The number of oxazole rings is 1. The number of piperidine rings is 1. The first-order valence-electron chi connectivity index (χ1n) is 9.18. The molecule has 6 heteroatoms. The summed E-state index contributed by atoms with van der Waals surface area (Å²) in [6, 6.07) is 12.6. The smallest absolute Gasteiger partial charge is 0.244 e. The largest absolute Gasteiger partial charge is 0.440 e. The van der Waals surface area contributed by atoms with Crippen molar-refractivity contribution in [3.63, 3.8) is 0 Å². The standard InChI is InChI=1S/C21H22ClN3O2/c1-13-2-4-14(5-3-13)19(23)21(26)25-10-8-15(9-11-25)20-24-17-12-16(22)6-7-18(17)27-20/h2-7,12,15,19H,8-11,23H2,1H3. The quantitative estimate of drug-likeness (QED) is 0.735. The highest BCUT2D eigenvalue weighted by molar-refractivity contribution is 6.31. The summed E-state index contributed by atoms with van der Waals surface area (Å²) in [5.41, 5.74) is 9.72. The molecule has 3 aromatic rings. The van der Waals surface area contributed by atoms with Gasteiger partial charge in [-0.2, -0.15) is 0 Å². The number of rotatable bonds is 3. The number of halogens is 1. The molecule has 1 unspecified atom stereocenters. The highest BCUT2D eigenvalue weighted by atomic mass is 35.5. The van der Waals surface area contributed by atoms with Crippen LogP contribution in [0.3, 0.4) is 0 Å². The number of benzene rings is 2. The number of likely N-dealkylation sites (tertiary alicyclic amines) is 1. The van der Waals surface area contributed by atoms with Crippen LogP contribution < -0.4 is 5.73 Å². The highest BCUT2D eigenvalue weighted by Gasteiger charge is 2.29. The van der Waals surface area contributed by atoms with Crippen molar-refractivity contribution in [2.24, 2.45) is 5.73 Å². The van der Waals surface area contributed by atoms with Crippen molar-refractivity contribution in [3.8, 4) is 0 Å². The van der Waals surface area contributed by atoms with Crippen LogP contribution in [0.5, 0.6) is 0 Å². The van der Waals surface area contributed by atoms with E-state index in [1.807, 2.05) is 48.2 Å². The number of amides is 1. The van der Waals surface area contributed by atoms with Crippen LogP contribution >= 0.6 is 11.6 Å². The van der Waals surface area contributed by atoms with Gasteiger partial charge in [-0.15, -0.1) is 0 Å². The van der Waals surface area contributed by atoms with Gasteiger partial charge < -0.3 is 15.1 Å². The maximum absolute atomic E-state index is 12.8. The molecule has 1 amide bonds. The fourth-order valence-electron chi connectivity index (χ4n) is 3.55. The van der Waals surface area contributed by atoms with Crippen LogP contribution in [0.25, 0.3) is 11.1 Å². The van der Waals surface area contributed by atoms with Crippen LogP contribution in [0.15, 0.2) is 46.9 Å². The first-order valence-corrected chi connectivity index (χ1v) is 9.56. The molecule has 0 radical (unpaired) electrons. The van der Waals surface area contributed by atoms with Gasteiger partial charge in [0, 0.05) is 24.0 Å². The van der Waals surface area contributed by atoms with Gasteiger partial charge in [0.05, 0.1) is 0 Å². The Bertz CT molecular complexity index is 959. The number of hydrogen-bond donors (Lipinski definition) is 1. The molecule has 1 saturated heterocycles. The molecule has 0 saturated carbocycles. The van der Waals surface area contributed by atoms with Crippen LogP contribution in [0.2, 0.25) is 5.02 Å². The molecule has 5 nitrogen and oxygen atoms in total. The Morgan fingerprint density at radius 1 is 1.22 bits per heavy atom. The van der Waals surface area contributed by atoms with Crippen molar-refractivity contribution in [2.75, 3.05) is 13.1 Å². The number of aryl methyl sites for hydroxylation is 1. The van der Waals surface area contributed by atoms with E-state index in [9.17, 15) is 4.79 Å². The lowest BCUT2D eigenvalue weighted by molar-refractivity contribution is -0.133. The van der Waals surface area contributed by atoms with Crippen molar-refractivity contribution in [1.29, 1.82) is 0 Å². The Hall–Kier alpha value is -2.37. The Kier molecular flexibility index (Phi) is 4.89. The summed E-state index contributed by atoms with van der Waals surface area (Å²) in [5.74, 6) is 0.902. The normalized spacial score (nSPS) is 16.6. The van der Waals surface area contributed by atoms with E-state index >= 15 is 0 Å². The zero-order valence-electron chi connectivity index (χ0n) is 15.2. The van der Waals surface area contributed by atoms with Gasteiger partial charge in [0.15, 0.2) is 11.5 Å². The Morgan fingerprint density at radius 2 is 1.93 bits per heavy atom. The fraction of sp³-hybridized carbons (Fsp3) is 0.333. The van der Waals surface area contributed by atoms with Crippen LogP contribution in [0, 0.1) is 6.92 Å². The zero-order chi connectivity index (χ0) is 19.0. The van der Waals surface area contributed by atoms with E-state index in [1.54, 1.807) is 6.07 Å². The summed E-state index contributed by atoms with van der Waals surface area (Å²) in [6.45, 7) is 3.33. The second-order valence-corrected chi connectivity index (χ2v) is 7.59. The number of nitrogens with two attached hydrogens (primary N) is 1. The van der Waals surface area contributed by atoms with Gasteiger partial charge in [-0.25, -0.2) is 4.98 Å². The molecule has 2 aromatic carbocycles. The van der Waals surface area contributed by atoms with Crippen LogP contribution in [-0.2, 0) is 4.79 Å². The molecular formula is C21H22ClN3O2. The maximum atomic E-state index is 12.8. The summed E-state index contributed by atoms with van der Waals surface area (Å²) in [6.07, 6.45) is 1.62. The number of fused-ring (bicyclic) bond motifs is 1. The predicted molar refractivity (Wildman–Crippen MR) is 106 cm³/mol. The van der Waals surface area contributed by atoms with Crippen molar-refractivity contribution < 1.29 is 9.21 Å². The van der Waals surface area contributed by atoms with Crippen LogP contribution in [0.4, 0.5) is 0 Å². The SMILES string of the molecule is Cc1ccc(C(N)C(=O)N2CCC(c3nc4cc(Cl)ccc4o3)CC2)cc1. The third-order valence-electron chi connectivity index (χ3n) is 5.22. The number of carbonyl (C=O) groups excluding carboxylic acids is 1. The first kappa shape index (κ1) is 18.0.